The van der Waals surface area contributed by atoms with Crippen LogP contribution in [-0.4, -0.2) is 5.91 Å². The maximum Gasteiger partial charge on any atom is 0.246 e. The number of nitrogens with one attached hydrogen (secondary N) is 1. The Morgan fingerprint density at radius 3 is 2.64 bits per heavy atom. The van der Waals surface area contributed by atoms with Crippen molar-refractivity contribution in [3.63, 3.8) is 0 Å². The second-order valence-corrected chi connectivity index (χ2v) is 6.32. The second-order valence-electron chi connectivity index (χ2n) is 6.32. The number of rotatable bonds is 1. The number of carbonyl (C=O) groups is 1. The first-order valence-electron chi connectivity index (χ1n) is 7.97. The molecule has 22 heavy (non-hydrogen) atoms. The highest BCUT2D eigenvalue weighted by Gasteiger charge is 2.52. The molecule has 112 valence electrons. The number of fused-ring (bicyclic) bond motifs is 2. The van der Waals surface area contributed by atoms with Crippen LogP contribution in [0.15, 0.2) is 54.6 Å². The fraction of sp³-hybridized carbons (Fsp3) is 0.316. The zero-order chi connectivity index (χ0) is 15.2. The average molecular weight is 292 g/mol. The summed E-state index contributed by atoms with van der Waals surface area (Å²) >= 11 is 0. The predicted molar refractivity (Wildman–Crippen MR) is 87.3 cm³/mol. The number of aryl methyl sites for hydroxylation is 1. The normalized spacial score (nSPS) is 27.2. The van der Waals surface area contributed by atoms with Crippen molar-refractivity contribution in [3.8, 4) is 0 Å². The van der Waals surface area contributed by atoms with E-state index in [-0.39, 0.29) is 17.4 Å². The Morgan fingerprint density at radius 1 is 1.09 bits per heavy atom. The Bertz CT molecular complexity index is 712. The molecular weight excluding hydrogens is 272 g/mol. The highest BCUT2D eigenvalue weighted by molar-refractivity contribution is 5.97. The van der Waals surface area contributed by atoms with E-state index in [9.17, 15) is 4.79 Å². The third-order valence-electron chi connectivity index (χ3n) is 5.17. The fourth-order valence-corrected chi connectivity index (χ4v) is 3.96. The van der Waals surface area contributed by atoms with Crippen molar-refractivity contribution in [2.24, 2.45) is 5.92 Å². The van der Waals surface area contributed by atoms with E-state index in [1.54, 1.807) is 5.01 Å². The van der Waals surface area contributed by atoms with Gasteiger partial charge in [-0.2, -0.15) is 0 Å². The molecular formula is C19H20N2O. The number of benzene rings is 2. The smallest absolute Gasteiger partial charge is 0.246 e. The lowest BCUT2D eigenvalue weighted by atomic mass is 9.71. The molecule has 4 rings (SSSR count). The van der Waals surface area contributed by atoms with Gasteiger partial charge in [0.25, 0.3) is 0 Å². The molecule has 1 amide bonds. The maximum atomic E-state index is 12.9. The third kappa shape index (κ3) is 1.82. The average Bonchev–Trinajstić information content (AvgIpc) is 2.82. The molecule has 2 aromatic rings. The van der Waals surface area contributed by atoms with Gasteiger partial charge in [-0.05, 0) is 42.5 Å². The van der Waals surface area contributed by atoms with Gasteiger partial charge in [0.15, 0.2) is 0 Å². The van der Waals surface area contributed by atoms with Gasteiger partial charge in [-0.15, -0.1) is 0 Å². The van der Waals surface area contributed by atoms with Crippen molar-refractivity contribution in [2.75, 3.05) is 5.01 Å². The van der Waals surface area contributed by atoms with Gasteiger partial charge in [-0.3, -0.25) is 4.79 Å². The lowest BCUT2D eigenvalue weighted by Gasteiger charge is -2.38. The van der Waals surface area contributed by atoms with E-state index >= 15 is 0 Å². The standard InChI is InChI=1S/C19H20N2O/c1-14-18(22)21(16-10-3-2-4-11-16)20-19(14)13-7-9-15-8-5-6-12-17(15)19/h2-6,8,10-12,14,20H,7,9,13H2,1H3/t14-,19+/m0/s1. The summed E-state index contributed by atoms with van der Waals surface area (Å²) in [6.07, 6.45) is 3.22. The summed E-state index contributed by atoms with van der Waals surface area (Å²) in [6.45, 7) is 2.06. The number of hydrazine groups is 1. The minimum atomic E-state index is -0.262. The Balaban J connectivity index is 1.80. The fourth-order valence-electron chi connectivity index (χ4n) is 3.96. The van der Waals surface area contributed by atoms with Gasteiger partial charge < -0.3 is 0 Å². The molecule has 1 aliphatic heterocycles. The number of anilines is 1. The number of hydrogen-bond acceptors (Lipinski definition) is 2. The minimum Gasteiger partial charge on any atom is -0.273 e. The molecule has 3 nitrogen and oxygen atoms in total. The van der Waals surface area contributed by atoms with Crippen molar-refractivity contribution in [3.05, 3.63) is 65.7 Å². The van der Waals surface area contributed by atoms with Crippen molar-refractivity contribution in [1.82, 2.24) is 5.43 Å². The van der Waals surface area contributed by atoms with Crippen LogP contribution in [0.4, 0.5) is 5.69 Å². The molecule has 0 aromatic heterocycles. The minimum absolute atomic E-state index is 0.0610. The summed E-state index contributed by atoms with van der Waals surface area (Å²) in [5.41, 5.74) is 6.88. The number of hydrogen-bond donors (Lipinski definition) is 1. The van der Waals surface area contributed by atoms with Crippen LogP contribution in [0.5, 0.6) is 0 Å². The molecule has 1 fully saturated rings. The maximum absolute atomic E-state index is 12.9. The summed E-state index contributed by atoms with van der Waals surface area (Å²) < 4.78 is 0. The number of para-hydroxylation sites is 1. The van der Waals surface area contributed by atoms with Crippen LogP contribution in [0.1, 0.15) is 30.9 Å². The van der Waals surface area contributed by atoms with E-state index in [2.05, 4.69) is 36.6 Å². The molecule has 1 heterocycles. The molecule has 0 unspecified atom stereocenters. The van der Waals surface area contributed by atoms with Crippen molar-refractivity contribution >= 4 is 11.6 Å². The first-order chi connectivity index (χ1) is 10.7. The van der Waals surface area contributed by atoms with Gasteiger partial charge in [-0.25, -0.2) is 10.4 Å². The molecule has 2 atom stereocenters. The van der Waals surface area contributed by atoms with Crippen LogP contribution < -0.4 is 10.4 Å². The van der Waals surface area contributed by atoms with Gasteiger partial charge in [0.1, 0.15) is 0 Å². The zero-order valence-electron chi connectivity index (χ0n) is 12.8. The second kappa shape index (κ2) is 4.96. The summed E-state index contributed by atoms with van der Waals surface area (Å²) in [4.78, 5) is 12.9. The van der Waals surface area contributed by atoms with E-state index in [1.165, 1.54) is 11.1 Å². The molecule has 1 N–H and O–H groups in total. The monoisotopic (exact) mass is 292 g/mol. The molecule has 0 radical (unpaired) electrons. The molecule has 1 saturated heterocycles. The van der Waals surface area contributed by atoms with Gasteiger partial charge in [0.2, 0.25) is 5.91 Å². The summed E-state index contributed by atoms with van der Waals surface area (Å²) in [5, 5.41) is 1.74. The number of carbonyl (C=O) groups excluding carboxylic acids is 1. The Kier molecular flexibility index (Phi) is 3.05. The van der Waals surface area contributed by atoms with Gasteiger partial charge in [-0.1, -0.05) is 49.4 Å². The zero-order valence-corrected chi connectivity index (χ0v) is 12.8. The summed E-state index contributed by atoms with van der Waals surface area (Å²) in [6, 6.07) is 18.4. The lowest BCUT2D eigenvalue weighted by Crippen LogP contribution is -2.47. The van der Waals surface area contributed by atoms with E-state index in [0.717, 1.165) is 24.9 Å². The van der Waals surface area contributed by atoms with Gasteiger partial charge in [0.05, 0.1) is 17.1 Å². The Hall–Kier alpha value is -2.13. The highest BCUT2D eigenvalue weighted by Crippen LogP contribution is 2.45. The topological polar surface area (TPSA) is 32.3 Å². The molecule has 3 heteroatoms. The summed E-state index contributed by atoms with van der Waals surface area (Å²) in [7, 11) is 0. The Labute approximate surface area is 130 Å². The van der Waals surface area contributed by atoms with Crippen LogP contribution in [0, 0.1) is 5.92 Å². The molecule has 1 aliphatic carbocycles. The predicted octanol–water partition coefficient (Wildman–Crippen LogP) is 3.41. The molecule has 2 aromatic carbocycles. The number of amides is 1. The van der Waals surface area contributed by atoms with Gasteiger partial charge in [0, 0.05) is 0 Å². The van der Waals surface area contributed by atoms with Crippen LogP contribution in [-0.2, 0) is 16.8 Å². The van der Waals surface area contributed by atoms with Crippen LogP contribution in [0.2, 0.25) is 0 Å². The molecule has 0 bridgehead atoms. The molecule has 1 spiro atoms. The van der Waals surface area contributed by atoms with Crippen molar-refractivity contribution in [2.45, 2.75) is 31.7 Å². The quantitative estimate of drug-likeness (QED) is 0.873. The van der Waals surface area contributed by atoms with E-state index in [4.69, 9.17) is 0 Å². The number of nitrogens with zero attached hydrogens (tertiary/aromatic N) is 1. The SMILES string of the molecule is C[C@H]1C(=O)N(c2ccccc2)N[C@]12CCCc1ccccc12. The first-order valence-corrected chi connectivity index (χ1v) is 7.97. The van der Waals surface area contributed by atoms with Crippen molar-refractivity contribution < 1.29 is 4.79 Å². The van der Waals surface area contributed by atoms with E-state index < -0.39 is 0 Å². The summed E-state index contributed by atoms with van der Waals surface area (Å²) in [5.74, 6) is 0.0945. The lowest BCUT2D eigenvalue weighted by molar-refractivity contribution is -0.120. The highest BCUT2D eigenvalue weighted by atomic mass is 16.2. The van der Waals surface area contributed by atoms with Crippen LogP contribution in [0.25, 0.3) is 0 Å². The van der Waals surface area contributed by atoms with Crippen LogP contribution in [0.3, 0.4) is 0 Å². The van der Waals surface area contributed by atoms with Crippen LogP contribution >= 0.6 is 0 Å². The van der Waals surface area contributed by atoms with E-state index in [0.29, 0.717) is 0 Å². The third-order valence-corrected chi connectivity index (χ3v) is 5.17. The van der Waals surface area contributed by atoms with Gasteiger partial charge >= 0.3 is 0 Å². The van der Waals surface area contributed by atoms with Crippen molar-refractivity contribution in [1.29, 1.82) is 0 Å². The Morgan fingerprint density at radius 2 is 1.82 bits per heavy atom. The first kappa shape index (κ1) is 13.5. The molecule has 0 saturated carbocycles. The molecule has 2 aliphatic rings. The largest absolute Gasteiger partial charge is 0.273 e. The van der Waals surface area contributed by atoms with E-state index in [1.807, 2.05) is 30.3 Å².